The van der Waals surface area contributed by atoms with Crippen molar-refractivity contribution in [3.05, 3.63) is 58.1 Å². The Kier molecular flexibility index (Phi) is 11.1. The third-order valence-corrected chi connectivity index (χ3v) is 9.95. The van der Waals surface area contributed by atoms with Crippen LogP contribution >= 0.6 is 48.0 Å². The Labute approximate surface area is 274 Å². The van der Waals surface area contributed by atoms with Gasteiger partial charge in [-0.2, -0.15) is 0 Å². The van der Waals surface area contributed by atoms with Crippen LogP contribution in [0.2, 0.25) is 0 Å². The third kappa shape index (κ3) is 8.27. The van der Waals surface area contributed by atoms with Crippen molar-refractivity contribution >= 4 is 92.4 Å². The molecule has 0 atom stereocenters. The first-order chi connectivity index (χ1) is 21.3. The SMILES string of the molecule is O=C(CCN1C(=O)/C(=C\c2ccco2)SC1=S)NCCN1CCN(C(=O)CCCN2C(=O)/C(=C\c3ccco3)SC2=S)CC1. The summed E-state index contributed by atoms with van der Waals surface area (Å²) in [5.41, 5.74) is 0. The van der Waals surface area contributed by atoms with E-state index in [0.29, 0.717) is 88.6 Å². The molecule has 11 nitrogen and oxygen atoms in total. The van der Waals surface area contributed by atoms with E-state index in [0.717, 1.165) is 0 Å². The van der Waals surface area contributed by atoms with Crippen LogP contribution in [0.3, 0.4) is 0 Å². The number of piperazine rings is 1. The minimum atomic E-state index is -0.226. The fourth-order valence-electron chi connectivity index (χ4n) is 4.81. The Morgan fingerprint density at radius 2 is 1.39 bits per heavy atom. The number of amides is 4. The maximum atomic E-state index is 12.8. The highest BCUT2D eigenvalue weighted by Gasteiger charge is 2.33. The predicted molar refractivity (Wildman–Crippen MR) is 177 cm³/mol. The molecule has 0 aromatic carbocycles. The molecule has 0 radical (unpaired) electrons. The molecular formula is C29H31N5O6S4. The highest BCUT2D eigenvalue weighted by molar-refractivity contribution is 8.27. The average Bonchev–Trinajstić information content (AvgIpc) is 3.81. The Balaban J connectivity index is 0.946. The van der Waals surface area contributed by atoms with Gasteiger partial charge >= 0.3 is 0 Å². The van der Waals surface area contributed by atoms with Crippen LogP contribution in [0.1, 0.15) is 30.8 Å². The summed E-state index contributed by atoms with van der Waals surface area (Å²) in [6.07, 6.45) is 7.43. The minimum Gasteiger partial charge on any atom is -0.465 e. The lowest BCUT2D eigenvalue weighted by Gasteiger charge is -2.35. The van der Waals surface area contributed by atoms with Gasteiger partial charge in [-0.1, -0.05) is 48.0 Å². The molecule has 232 valence electrons. The van der Waals surface area contributed by atoms with E-state index in [4.69, 9.17) is 33.3 Å². The number of thiocarbonyl (C=S) groups is 2. The summed E-state index contributed by atoms with van der Waals surface area (Å²) < 4.78 is 11.5. The van der Waals surface area contributed by atoms with Crippen LogP contribution in [0.5, 0.6) is 0 Å². The number of thioether (sulfide) groups is 2. The van der Waals surface area contributed by atoms with Crippen molar-refractivity contribution in [3.63, 3.8) is 0 Å². The number of hydrogen-bond acceptors (Lipinski definition) is 11. The van der Waals surface area contributed by atoms with Crippen LogP contribution in [0, 0.1) is 0 Å². The molecule has 5 heterocycles. The molecule has 2 aromatic heterocycles. The van der Waals surface area contributed by atoms with Gasteiger partial charge in [-0.25, -0.2) is 0 Å². The fourth-order valence-corrected chi connectivity index (χ4v) is 7.39. The van der Waals surface area contributed by atoms with Gasteiger partial charge in [0.25, 0.3) is 11.8 Å². The van der Waals surface area contributed by atoms with E-state index in [2.05, 4.69) is 10.2 Å². The number of carbonyl (C=O) groups is 4. The standard InChI is InChI=1S/C29H31N5O6S4/c35-24(7-10-34-27(38)23(44-29(34)42)19-21-5-3-17-40-21)30-8-11-31-12-14-32(15-13-31)25(36)6-1-9-33-26(37)22(43-28(33)41)18-20-4-2-16-39-20/h2-5,16-19H,1,6-15H2,(H,30,35)/b22-18+,23-19+. The Morgan fingerprint density at radius 1 is 0.818 bits per heavy atom. The van der Waals surface area contributed by atoms with Gasteiger partial charge in [0.05, 0.1) is 22.3 Å². The summed E-state index contributed by atoms with van der Waals surface area (Å²) in [6.45, 7) is 4.40. The van der Waals surface area contributed by atoms with Gasteiger partial charge in [-0.3, -0.25) is 33.9 Å². The quantitative estimate of drug-likeness (QED) is 0.264. The molecule has 3 fully saturated rings. The third-order valence-electron chi connectivity index (χ3n) is 7.19. The number of nitrogens with zero attached hydrogens (tertiary/aromatic N) is 4. The van der Waals surface area contributed by atoms with Gasteiger partial charge < -0.3 is 19.1 Å². The Morgan fingerprint density at radius 3 is 1.93 bits per heavy atom. The molecule has 0 spiro atoms. The van der Waals surface area contributed by atoms with Crippen LogP contribution in [0.25, 0.3) is 12.2 Å². The van der Waals surface area contributed by atoms with E-state index >= 15 is 0 Å². The molecule has 5 rings (SSSR count). The molecule has 0 aliphatic carbocycles. The second-order valence-electron chi connectivity index (χ2n) is 10.1. The Hall–Kier alpha value is -3.24. The van der Waals surface area contributed by atoms with Gasteiger partial charge in [-0.05, 0) is 30.7 Å². The zero-order chi connectivity index (χ0) is 31.1. The van der Waals surface area contributed by atoms with Crippen molar-refractivity contribution in [1.29, 1.82) is 0 Å². The monoisotopic (exact) mass is 673 g/mol. The summed E-state index contributed by atoms with van der Waals surface area (Å²) in [7, 11) is 0. The van der Waals surface area contributed by atoms with Crippen LogP contribution < -0.4 is 5.32 Å². The Bertz CT molecular complexity index is 1460. The first-order valence-electron chi connectivity index (χ1n) is 14.1. The second-order valence-corrected chi connectivity index (χ2v) is 13.5. The zero-order valence-corrected chi connectivity index (χ0v) is 27.0. The molecule has 0 bridgehead atoms. The largest absolute Gasteiger partial charge is 0.465 e. The van der Waals surface area contributed by atoms with Crippen molar-refractivity contribution in [2.45, 2.75) is 19.3 Å². The lowest BCUT2D eigenvalue weighted by molar-refractivity contribution is -0.133. The number of nitrogens with one attached hydrogen (secondary N) is 1. The molecular weight excluding hydrogens is 643 g/mol. The van der Waals surface area contributed by atoms with E-state index in [1.807, 2.05) is 4.90 Å². The van der Waals surface area contributed by atoms with E-state index in [1.54, 1.807) is 47.6 Å². The maximum absolute atomic E-state index is 12.8. The second kappa shape index (κ2) is 15.2. The fraction of sp³-hybridized carbons (Fsp3) is 0.379. The van der Waals surface area contributed by atoms with Crippen molar-refractivity contribution in [3.8, 4) is 0 Å². The van der Waals surface area contributed by atoms with E-state index in [9.17, 15) is 19.2 Å². The van der Waals surface area contributed by atoms with Crippen LogP contribution in [0.4, 0.5) is 0 Å². The van der Waals surface area contributed by atoms with Crippen molar-refractivity contribution in [1.82, 2.24) is 24.9 Å². The molecule has 15 heteroatoms. The summed E-state index contributed by atoms with van der Waals surface area (Å²) in [5, 5.41) is 2.91. The summed E-state index contributed by atoms with van der Waals surface area (Å²) in [6, 6.07) is 7.03. The smallest absolute Gasteiger partial charge is 0.266 e. The van der Waals surface area contributed by atoms with Gasteiger partial charge in [0.2, 0.25) is 11.8 Å². The van der Waals surface area contributed by atoms with Crippen LogP contribution in [-0.2, 0) is 19.2 Å². The van der Waals surface area contributed by atoms with Crippen LogP contribution in [0.15, 0.2) is 55.4 Å². The molecule has 1 N–H and O–H groups in total. The first-order valence-corrected chi connectivity index (χ1v) is 16.6. The molecule has 3 aliphatic rings. The van der Waals surface area contributed by atoms with Gasteiger partial charge in [0, 0.05) is 77.4 Å². The van der Waals surface area contributed by atoms with E-state index < -0.39 is 0 Å². The molecule has 44 heavy (non-hydrogen) atoms. The van der Waals surface area contributed by atoms with E-state index in [-0.39, 0.29) is 36.6 Å². The van der Waals surface area contributed by atoms with Crippen LogP contribution in [-0.4, -0.2) is 104 Å². The molecule has 0 unspecified atom stereocenters. The normalized spacial score (nSPS) is 19.7. The number of rotatable bonds is 12. The first kappa shape index (κ1) is 32.2. The highest BCUT2D eigenvalue weighted by atomic mass is 32.2. The predicted octanol–water partition coefficient (Wildman–Crippen LogP) is 3.41. The van der Waals surface area contributed by atoms with Gasteiger partial charge in [0.15, 0.2) is 0 Å². The lowest BCUT2D eigenvalue weighted by atomic mass is 10.2. The molecule has 2 aromatic rings. The molecule has 3 saturated heterocycles. The summed E-state index contributed by atoms with van der Waals surface area (Å²) in [5.74, 6) is 0.683. The molecule has 4 amide bonds. The number of hydrogen-bond donors (Lipinski definition) is 1. The zero-order valence-electron chi connectivity index (χ0n) is 23.8. The molecule has 3 aliphatic heterocycles. The van der Waals surface area contributed by atoms with Crippen molar-refractivity contribution < 1.29 is 28.0 Å². The minimum absolute atomic E-state index is 0.0595. The highest BCUT2D eigenvalue weighted by Crippen LogP contribution is 2.33. The van der Waals surface area contributed by atoms with E-state index in [1.165, 1.54) is 34.7 Å². The summed E-state index contributed by atoms with van der Waals surface area (Å²) in [4.78, 5) is 58.6. The maximum Gasteiger partial charge on any atom is 0.266 e. The lowest BCUT2D eigenvalue weighted by Crippen LogP contribution is -2.50. The summed E-state index contributed by atoms with van der Waals surface area (Å²) >= 11 is 13.1. The topological polar surface area (TPSA) is 120 Å². The van der Waals surface area contributed by atoms with Gasteiger partial charge in [0.1, 0.15) is 20.2 Å². The number of furan rings is 2. The molecule has 0 saturated carbocycles. The van der Waals surface area contributed by atoms with Crippen molar-refractivity contribution in [2.75, 3.05) is 52.4 Å². The van der Waals surface area contributed by atoms with Crippen molar-refractivity contribution in [2.24, 2.45) is 0 Å². The number of carbonyl (C=O) groups excluding carboxylic acids is 4. The van der Waals surface area contributed by atoms with Gasteiger partial charge in [-0.15, -0.1) is 0 Å². The average molecular weight is 674 g/mol.